The van der Waals surface area contributed by atoms with Crippen molar-refractivity contribution in [3.8, 4) is 0 Å². The van der Waals surface area contributed by atoms with Crippen LogP contribution in [0.2, 0.25) is 0 Å². The van der Waals surface area contributed by atoms with Crippen LogP contribution in [0.5, 0.6) is 0 Å². The van der Waals surface area contributed by atoms with Gasteiger partial charge >= 0.3 is 0 Å². The van der Waals surface area contributed by atoms with Gasteiger partial charge < -0.3 is 14.6 Å². The minimum Gasteiger partial charge on any atom is -0.439 e. The van der Waals surface area contributed by atoms with Gasteiger partial charge in [0, 0.05) is 18.1 Å². The first-order chi connectivity index (χ1) is 14.1. The van der Waals surface area contributed by atoms with E-state index in [1.807, 2.05) is 18.2 Å². The summed E-state index contributed by atoms with van der Waals surface area (Å²) in [5.41, 5.74) is 2.05. The van der Waals surface area contributed by atoms with Crippen LogP contribution in [0.25, 0.3) is 11.1 Å². The fourth-order valence-electron chi connectivity index (χ4n) is 5.68. The van der Waals surface area contributed by atoms with Crippen LogP contribution in [0.4, 0.5) is 0 Å². The number of halogens is 1. The zero-order chi connectivity index (χ0) is 20.0. The fourth-order valence-corrected chi connectivity index (χ4v) is 5.68. The van der Waals surface area contributed by atoms with E-state index in [0.29, 0.717) is 28.7 Å². The second kappa shape index (κ2) is 8.85. The molecule has 3 unspecified atom stereocenters. The van der Waals surface area contributed by atoms with Gasteiger partial charge in [-0.25, -0.2) is 4.98 Å². The summed E-state index contributed by atoms with van der Waals surface area (Å²) in [5.74, 6) is 0.733. The summed E-state index contributed by atoms with van der Waals surface area (Å²) in [6.07, 6.45) is 9.38. The molecular weight excluding hydrogens is 400 g/mol. The Balaban J connectivity index is 0.00000218. The molecular formula is C23H33ClN4O2. The molecule has 1 N–H and O–H groups in total. The van der Waals surface area contributed by atoms with Crippen LogP contribution < -0.4 is 5.32 Å². The number of carbonyl (C=O) groups is 1. The van der Waals surface area contributed by atoms with Crippen LogP contribution in [-0.4, -0.2) is 59.5 Å². The molecule has 5 rings (SSSR count). The molecule has 6 nitrogen and oxygen atoms in total. The Morgan fingerprint density at radius 1 is 1.10 bits per heavy atom. The predicted octanol–water partition coefficient (Wildman–Crippen LogP) is 4.15. The van der Waals surface area contributed by atoms with Crippen LogP contribution in [0, 0.1) is 0 Å². The van der Waals surface area contributed by atoms with Crippen molar-refractivity contribution in [2.24, 2.45) is 0 Å². The van der Waals surface area contributed by atoms with Crippen molar-refractivity contribution in [2.75, 3.05) is 20.6 Å². The van der Waals surface area contributed by atoms with Crippen molar-refractivity contribution in [3.63, 3.8) is 0 Å². The van der Waals surface area contributed by atoms with Crippen LogP contribution in [0.3, 0.4) is 0 Å². The predicted molar refractivity (Wildman–Crippen MR) is 120 cm³/mol. The molecule has 3 aliphatic heterocycles. The van der Waals surface area contributed by atoms with Gasteiger partial charge in [0.05, 0.1) is 11.6 Å². The van der Waals surface area contributed by atoms with E-state index in [1.165, 1.54) is 32.1 Å². The fraction of sp³-hybridized carbons (Fsp3) is 0.652. The lowest BCUT2D eigenvalue weighted by Crippen LogP contribution is -2.55. The number of para-hydroxylation sites is 1. The minimum atomic E-state index is -0.0138. The van der Waals surface area contributed by atoms with Crippen LogP contribution in [-0.2, 0) is 0 Å². The maximum atomic E-state index is 13.2. The molecule has 3 atom stereocenters. The van der Waals surface area contributed by atoms with Crippen LogP contribution >= 0.6 is 12.4 Å². The van der Waals surface area contributed by atoms with Gasteiger partial charge in [0.25, 0.3) is 5.91 Å². The third-order valence-corrected chi connectivity index (χ3v) is 7.41. The maximum Gasteiger partial charge on any atom is 0.253 e. The maximum absolute atomic E-state index is 13.2. The van der Waals surface area contributed by atoms with Gasteiger partial charge in [-0.05, 0) is 71.3 Å². The van der Waals surface area contributed by atoms with E-state index in [2.05, 4.69) is 29.2 Å². The second-order valence-corrected chi connectivity index (χ2v) is 9.24. The van der Waals surface area contributed by atoms with Crippen molar-refractivity contribution in [3.05, 3.63) is 29.7 Å². The number of benzene rings is 1. The Morgan fingerprint density at radius 2 is 1.87 bits per heavy atom. The van der Waals surface area contributed by atoms with Gasteiger partial charge in [-0.15, -0.1) is 12.4 Å². The highest BCUT2D eigenvalue weighted by molar-refractivity contribution is 6.04. The number of hydrogen-bond donors (Lipinski definition) is 1. The second-order valence-electron chi connectivity index (χ2n) is 9.24. The van der Waals surface area contributed by atoms with Crippen molar-refractivity contribution < 1.29 is 9.21 Å². The molecule has 3 aliphatic rings. The van der Waals surface area contributed by atoms with Crippen molar-refractivity contribution in [2.45, 2.75) is 75.5 Å². The number of piperidine rings is 3. The van der Waals surface area contributed by atoms with Gasteiger partial charge in [-0.2, -0.15) is 0 Å². The number of amides is 1. The summed E-state index contributed by atoms with van der Waals surface area (Å²) in [4.78, 5) is 22.8. The molecule has 0 spiro atoms. The molecule has 30 heavy (non-hydrogen) atoms. The zero-order valence-corrected chi connectivity index (χ0v) is 18.8. The van der Waals surface area contributed by atoms with E-state index >= 15 is 0 Å². The molecule has 0 radical (unpaired) electrons. The third-order valence-electron chi connectivity index (χ3n) is 7.41. The molecule has 1 aromatic carbocycles. The van der Waals surface area contributed by atoms with Gasteiger partial charge in [0.1, 0.15) is 5.52 Å². The molecule has 3 saturated heterocycles. The molecule has 164 valence electrons. The van der Waals surface area contributed by atoms with Crippen molar-refractivity contribution in [1.29, 1.82) is 0 Å². The third kappa shape index (κ3) is 3.97. The first-order valence-electron chi connectivity index (χ1n) is 11.2. The van der Waals surface area contributed by atoms with Gasteiger partial charge in [-0.1, -0.05) is 18.9 Å². The quantitative estimate of drug-likeness (QED) is 0.789. The van der Waals surface area contributed by atoms with Gasteiger partial charge in [-0.3, -0.25) is 9.69 Å². The normalized spacial score (nSPS) is 30.1. The first-order valence-corrected chi connectivity index (χ1v) is 11.2. The molecule has 1 amide bonds. The zero-order valence-electron chi connectivity index (χ0n) is 18.0. The summed E-state index contributed by atoms with van der Waals surface area (Å²) in [6.45, 7) is 1.06. The summed E-state index contributed by atoms with van der Waals surface area (Å²) in [6, 6.07) is 7.37. The van der Waals surface area contributed by atoms with E-state index in [9.17, 15) is 4.79 Å². The van der Waals surface area contributed by atoms with E-state index in [4.69, 9.17) is 9.40 Å². The summed E-state index contributed by atoms with van der Waals surface area (Å²) < 4.78 is 6.09. The molecule has 3 fully saturated rings. The summed E-state index contributed by atoms with van der Waals surface area (Å²) in [7, 11) is 4.37. The number of hydrogen-bond acceptors (Lipinski definition) is 5. The lowest BCUT2D eigenvalue weighted by Gasteiger charge is -2.47. The number of oxazole rings is 1. The molecule has 2 aromatic rings. The molecule has 4 heterocycles. The highest BCUT2D eigenvalue weighted by Gasteiger charge is 2.36. The number of likely N-dealkylation sites (tertiary alicyclic amines) is 1. The Bertz CT molecular complexity index is 886. The van der Waals surface area contributed by atoms with Crippen LogP contribution in [0.1, 0.15) is 73.7 Å². The minimum absolute atomic E-state index is 0. The summed E-state index contributed by atoms with van der Waals surface area (Å²) in [5, 5.41) is 3.32. The van der Waals surface area contributed by atoms with Gasteiger partial charge in [0.2, 0.25) is 5.89 Å². The average molecular weight is 433 g/mol. The Labute approximate surface area is 184 Å². The van der Waals surface area contributed by atoms with E-state index in [0.717, 1.165) is 31.7 Å². The molecule has 7 heteroatoms. The average Bonchev–Trinajstić information content (AvgIpc) is 3.13. The summed E-state index contributed by atoms with van der Waals surface area (Å²) >= 11 is 0. The van der Waals surface area contributed by atoms with E-state index in [1.54, 1.807) is 0 Å². The molecule has 2 bridgehead atoms. The molecule has 0 saturated carbocycles. The monoisotopic (exact) mass is 432 g/mol. The smallest absolute Gasteiger partial charge is 0.253 e. The Hall–Kier alpha value is -1.63. The highest BCUT2D eigenvalue weighted by atomic mass is 35.5. The first kappa shape index (κ1) is 21.6. The van der Waals surface area contributed by atoms with E-state index < -0.39 is 0 Å². The molecule has 1 aromatic heterocycles. The largest absolute Gasteiger partial charge is 0.439 e. The van der Waals surface area contributed by atoms with Crippen molar-refractivity contribution >= 4 is 29.4 Å². The van der Waals surface area contributed by atoms with Crippen LogP contribution in [0.15, 0.2) is 22.6 Å². The number of carbonyl (C=O) groups excluding carboxylic acids is 1. The topological polar surface area (TPSA) is 61.6 Å². The number of fused-ring (bicyclic) bond motifs is 3. The number of rotatable bonds is 3. The van der Waals surface area contributed by atoms with Crippen molar-refractivity contribution in [1.82, 2.24) is 20.1 Å². The number of aromatic nitrogens is 1. The van der Waals surface area contributed by atoms with E-state index in [-0.39, 0.29) is 30.4 Å². The van der Waals surface area contributed by atoms with Gasteiger partial charge in [0.15, 0.2) is 5.58 Å². The Kier molecular flexibility index (Phi) is 6.37. The lowest BCUT2D eigenvalue weighted by atomic mass is 9.82. The number of nitrogens with zero attached hydrogens (tertiary/aromatic N) is 3. The number of nitrogens with one attached hydrogen (secondary N) is 1. The SMILES string of the molecule is CN1CCCCC1c1nc2c(C(=O)NC3CC4CCCC(C3)N4C)cccc2o1.Cl. The molecule has 0 aliphatic carbocycles. The standard InChI is InChI=1S/C23H32N4O2.ClH/c1-26-12-4-3-10-19(26)23-25-21-18(9-6-11-20(21)29-23)22(28)24-15-13-16-7-5-8-17(14-15)27(16)2;/h6,9,11,15-17,19H,3-5,7-8,10,12-14H2,1-2H3,(H,24,28);1H. The lowest BCUT2D eigenvalue weighted by molar-refractivity contribution is 0.0463. The Morgan fingerprint density at radius 3 is 2.60 bits per heavy atom. The highest BCUT2D eigenvalue weighted by Crippen LogP contribution is 2.34.